The fourth-order valence-corrected chi connectivity index (χ4v) is 3.36. The zero-order chi connectivity index (χ0) is 19.8. The third kappa shape index (κ3) is 6.58. The van der Waals surface area contributed by atoms with E-state index in [1.54, 1.807) is 28.4 Å². The van der Waals surface area contributed by atoms with Crippen molar-refractivity contribution in [3.8, 4) is 17.2 Å². The van der Waals surface area contributed by atoms with E-state index in [1.807, 2.05) is 12.1 Å². The van der Waals surface area contributed by atoms with E-state index >= 15 is 0 Å². The number of nitrogens with one attached hydrogen (secondary N) is 2. The van der Waals surface area contributed by atoms with Crippen LogP contribution in [0.4, 0.5) is 0 Å². The fourth-order valence-electron chi connectivity index (χ4n) is 3.36. The van der Waals surface area contributed by atoms with Crippen molar-refractivity contribution in [2.45, 2.75) is 45.3 Å². The number of piperidine rings is 1. The van der Waals surface area contributed by atoms with Crippen LogP contribution in [0.5, 0.6) is 17.2 Å². The van der Waals surface area contributed by atoms with Gasteiger partial charge in [-0.1, -0.05) is 0 Å². The maximum atomic E-state index is 5.50. The van der Waals surface area contributed by atoms with Gasteiger partial charge in [0.15, 0.2) is 17.5 Å². The van der Waals surface area contributed by atoms with Gasteiger partial charge in [-0.15, -0.1) is 24.0 Å². The molecule has 0 radical (unpaired) electrons. The quantitative estimate of drug-likeness (QED) is 0.337. The van der Waals surface area contributed by atoms with E-state index in [1.165, 1.54) is 0 Å². The maximum Gasteiger partial charge on any atom is 0.191 e. The first-order chi connectivity index (χ1) is 13.0. The molecule has 1 aliphatic heterocycles. The summed E-state index contributed by atoms with van der Waals surface area (Å²) in [5.41, 5.74) is 0.979. The molecule has 1 aromatic carbocycles. The molecule has 7 nitrogen and oxygen atoms in total. The Morgan fingerprint density at radius 3 is 2.14 bits per heavy atom. The van der Waals surface area contributed by atoms with Gasteiger partial charge in [0.1, 0.15) is 5.75 Å². The summed E-state index contributed by atoms with van der Waals surface area (Å²) >= 11 is 0. The topological polar surface area (TPSA) is 67.4 Å². The lowest BCUT2D eigenvalue weighted by atomic mass is 10.0. The second-order valence-electron chi connectivity index (χ2n) is 6.99. The molecule has 0 aromatic heterocycles. The van der Waals surface area contributed by atoms with Crippen LogP contribution in [0.15, 0.2) is 17.1 Å². The first-order valence-corrected chi connectivity index (χ1v) is 9.52. The van der Waals surface area contributed by atoms with Crippen LogP contribution in [0, 0.1) is 0 Å². The Morgan fingerprint density at radius 1 is 1.07 bits per heavy atom. The van der Waals surface area contributed by atoms with Gasteiger partial charge >= 0.3 is 0 Å². The van der Waals surface area contributed by atoms with Crippen LogP contribution >= 0.6 is 24.0 Å². The first-order valence-electron chi connectivity index (χ1n) is 9.52. The molecule has 0 unspecified atom stereocenters. The van der Waals surface area contributed by atoms with Crippen molar-refractivity contribution in [1.82, 2.24) is 15.5 Å². The molecule has 1 saturated heterocycles. The summed E-state index contributed by atoms with van der Waals surface area (Å²) in [5, 5.41) is 6.92. The Kier molecular flexibility index (Phi) is 10.7. The molecule has 0 bridgehead atoms. The smallest absolute Gasteiger partial charge is 0.191 e. The third-order valence-corrected chi connectivity index (χ3v) is 5.06. The zero-order valence-electron chi connectivity index (χ0n) is 17.9. The van der Waals surface area contributed by atoms with Crippen molar-refractivity contribution in [1.29, 1.82) is 0 Å². The molecule has 2 rings (SSSR count). The highest BCUT2D eigenvalue weighted by Crippen LogP contribution is 2.34. The van der Waals surface area contributed by atoms with Crippen molar-refractivity contribution in [3.05, 3.63) is 17.7 Å². The summed E-state index contributed by atoms with van der Waals surface area (Å²) in [6.45, 7) is 7.33. The Bertz CT molecular complexity index is 632. The summed E-state index contributed by atoms with van der Waals surface area (Å²) in [4.78, 5) is 6.88. The summed E-state index contributed by atoms with van der Waals surface area (Å²) in [6, 6.07) is 4.83. The number of likely N-dealkylation sites (tertiary alicyclic amines) is 1. The lowest BCUT2D eigenvalue weighted by Gasteiger charge is -2.35. The minimum atomic E-state index is 0. The van der Waals surface area contributed by atoms with Gasteiger partial charge in [-0.3, -0.25) is 4.99 Å². The third-order valence-electron chi connectivity index (χ3n) is 5.06. The number of hydrogen-bond acceptors (Lipinski definition) is 5. The van der Waals surface area contributed by atoms with E-state index in [-0.39, 0.29) is 24.0 Å². The van der Waals surface area contributed by atoms with Gasteiger partial charge in [0.2, 0.25) is 0 Å². The van der Waals surface area contributed by atoms with Gasteiger partial charge in [0, 0.05) is 50.4 Å². The Morgan fingerprint density at radius 2 is 1.64 bits per heavy atom. The van der Waals surface area contributed by atoms with Gasteiger partial charge in [-0.25, -0.2) is 0 Å². The van der Waals surface area contributed by atoms with Crippen molar-refractivity contribution < 1.29 is 14.2 Å². The zero-order valence-corrected chi connectivity index (χ0v) is 20.2. The molecule has 28 heavy (non-hydrogen) atoms. The molecule has 8 heteroatoms. The molecule has 0 amide bonds. The van der Waals surface area contributed by atoms with E-state index in [0.717, 1.165) is 43.2 Å². The molecule has 0 spiro atoms. The molecule has 1 heterocycles. The molecular weight excluding hydrogens is 471 g/mol. The normalized spacial score (nSPS) is 15.8. The molecule has 1 aliphatic rings. The van der Waals surface area contributed by atoms with Crippen LogP contribution in [-0.2, 0) is 6.54 Å². The van der Waals surface area contributed by atoms with E-state index in [0.29, 0.717) is 30.1 Å². The van der Waals surface area contributed by atoms with Crippen LogP contribution in [-0.4, -0.2) is 64.4 Å². The number of ether oxygens (including phenoxy) is 3. The highest BCUT2D eigenvalue weighted by molar-refractivity contribution is 14.0. The van der Waals surface area contributed by atoms with E-state index in [4.69, 9.17) is 14.2 Å². The van der Waals surface area contributed by atoms with Gasteiger partial charge < -0.3 is 29.7 Å². The number of halogens is 1. The van der Waals surface area contributed by atoms with E-state index in [9.17, 15) is 0 Å². The van der Waals surface area contributed by atoms with Crippen molar-refractivity contribution in [2.75, 3.05) is 41.5 Å². The second-order valence-corrected chi connectivity index (χ2v) is 6.99. The summed E-state index contributed by atoms with van der Waals surface area (Å²) in [5.74, 6) is 2.88. The molecule has 160 valence electrons. The van der Waals surface area contributed by atoms with Crippen molar-refractivity contribution >= 4 is 29.9 Å². The average Bonchev–Trinajstić information content (AvgIpc) is 2.70. The SMILES string of the molecule is CN=C(NCc1cc(OC)c(OC)cc1OC)NC1CCN(C(C)C)CC1.I. The van der Waals surface area contributed by atoms with E-state index in [2.05, 4.69) is 34.4 Å². The van der Waals surface area contributed by atoms with Crippen LogP contribution in [0.1, 0.15) is 32.3 Å². The lowest BCUT2D eigenvalue weighted by Crippen LogP contribution is -2.49. The molecular formula is C20H35IN4O3. The Labute approximate surface area is 186 Å². The largest absolute Gasteiger partial charge is 0.496 e. The highest BCUT2D eigenvalue weighted by Gasteiger charge is 2.21. The van der Waals surface area contributed by atoms with Gasteiger partial charge in [-0.2, -0.15) is 0 Å². The highest BCUT2D eigenvalue weighted by atomic mass is 127. The van der Waals surface area contributed by atoms with Crippen LogP contribution in [0.25, 0.3) is 0 Å². The van der Waals surface area contributed by atoms with Gasteiger partial charge in [0.25, 0.3) is 0 Å². The number of aliphatic imine (C=N–C) groups is 1. The molecule has 2 N–H and O–H groups in total. The molecule has 0 saturated carbocycles. The summed E-state index contributed by atoms with van der Waals surface area (Å²) < 4.78 is 16.2. The Hall–Kier alpha value is -1.42. The molecule has 0 atom stereocenters. The number of guanidine groups is 1. The van der Waals surface area contributed by atoms with E-state index < -0.39 is 0 Å². The minimum Gasteiger partial charge on any atom is -0.496 e. The maximum absolute atomic E-state index is 5.50. The van der Waals surface area contributed by atoms with Crippen molar-refractivity contribution in [3.63, 3.8) is 0 Å². The van der Waals surface area contributed by atoms with Crippen LogP contribution in [0.2, 0.25) is 0 Å². The molecule has 1 fully saturated rings. The number of hydrogen-bond donors (Lipinski definition) is 2. The predicted molar refractivity (Wildman–Crippen MR) is 125 cm³/mol. The lowest BCUT2D eigenvalue weighted by molar-refractivity contribution is 0.167. The summed E-state index contributed by atoms with van der Waals surface area (Å²) in [7, 11) is 6.70. The Balaban J connectivity index is 0.00000392. The number of rotatable bonds is 7. The second kappa shape index (κ2) is 12.2. The van der Waals surface area contributed by atoms with Gasteiger partial charge in [-0.05, 0) is 32.8 Å². The monoisotopic (exact) mass is 506 g/mol. The van der Waals surface area contributed by atoms with Crippen molar-refractivity contribution in [2.24, 2.45) is 4.99 Å². The average molecular weight is 506 g/mol. The summed E-state index contributed by atoms with van der Waals surface area (Å²) in [6.07, 6.45) is 2.25. The van der Waals surface area contributed by atoms with Gasteiger partial charge in [0.05, 0.1) is 21.3 Å². The number of nitrogens with zero attached hydrogens (tertiary/aromatic N) is 2. The fraction of sp³-hybridized carbons (Fsp3) is 0.650. The number of methoxy groups -OCH3 is 3. The van der Waals surface area contributed by atoms with Crippen LogP contribution < -0.4 is 24.8 Å². The minimum absolute atomic E-state index is 0. The predicted octanol–water partition coefficient (Wildman–Crippen LogP) is 2.87. The number of benzene rings is 1. The van der Waals surface area contributed by atoms with Crippen LogP contribution in [0.3, 0.4) is 0 Å². The first kappa shape index (κ1) is 24.6. The standard InChI is InChI=1S/C20H34N4O3.HI/c1-14(2)24-9-7-16(8-10-24)23-20(21-3)22-13-15-11-18(26-5)19(27-6)12-17(15)25-4;/h11-12,14,16H,7-10,13H2,1-6H3,(H2,21,22,23);1H. The molecule has 1 aromatic rings. The molecule has 0 aliphatic carbocycles.